The van der Waals surface area contributed by atoms with E-state index in [0.717, 1.165) is 22.2 Å². The first-order valence-electron chi connectivity index (χ1n) is 7.79. The van der Waals surface area contributed by atoms with Crippen molar-refractivity contribution in [1.82, 2.24) is 10.1 Å². The van der Waals surface area contributed by atoms with Gasteiger partial charge in [-0.15, -0.1) is 11.3 Å². The van der Waals surface area contributed by atoms with Gasteiger partial charge in [0, 0.05) is 17.5 Å². The van der Waals surface area contributed by atoms with Gasteiger partial charge in [0.25, 0.3) is 5.89 Å². The van der Waals surface area contributed by atoms with Crippen molar-refractivity contribution in [3.8, 4) is 16.5 Å². The quantitative estimate of drug-likeness (QED) is 0.503. The fourth-order valence-corrected chi connectivity index (χ4v) is 3.21. The van der Waals surface area contributed by atoms with Crippen molar-refractivity contribution in [2.45, 2.75) is 20.0 Å². The van der Waals surface area contributed by atoms with Gasteiger partial charge in [0.15, 0.2) is 6.61 Å². The lowest BCUT2D eigenvalue weighted by molar-refractivity contribution is 0.243. The molecule has 0 spiro atoms. The van der Waals surface area contributed by atoms with Crippen LogP contribution in [0.5, 0.6) is 5.75 Å². The number of nitrogens with zero attached hydrogens (tertiary/aromatic N) is 2. The van der Waals surface area contributed by atoms with Crippen molar-refractivity contribution in [2.75, 3.05) is 0 Å². The first-order chi connectivity index (χ1) is 12.2. The van der Waals surface area contributed by atoms with Crippen LogP contribution in [0.15, 0.2) is 55.5 Å². The average molecular weight is 354 g/mol. The molecule has 0 aliphatic heterocycles. The lowest BCUT2D eigenvalue weighted by atomic mass is 10.1. The summed E-state index contributed by atoms with van der Waals surface area (Å²) in [6.07, 6.45) is 0.760. The molecule has 0 radical (unpaired) electrons. The highest BCUT2D eigenvalue weighted by Gasteiger charge is 2.11. The zero-order valence-corrected chi connectivity index (χ0v) is 14.2. The molecule has 0 amide bonds. The molecule has 0 saturated heterocycles. The molecule has 0 fully saturated rings. The highest BCUT2D eigenvalue weighted by Crippen LogP contribution is 2.24. The minimum absolute atomic E-state index is 0.140. The van der Waals surface area contributed by atoms with Gasteiger partial charge in [-0.25, -0.2) is 4.79 Å². The third kappa shape index (κ3) is 3.18. The molecule has 0 atom stereocenters. The van der Waals surface area contributed by atoms with Crippen molar-refractivity contribution in [2.24, 2.45) is 0 Å². The molecule has 0 aliphatic carbocycles. The molecule has 4 aromatic rings. The number of aryl methyl sites for hydroxylation is 1. The third-order valence-electron chi connectivity index (χ3n) is 3.75. The Hall–Kier alpha value is -2.93. The fourth-order valence-electron chi connectivity index (χ4n) is 2.56. The Kier molecular flexibility index (Phi) is 4.07. The third-order valence-corrected chi connectivity index (χ3v) is 4.62. The summed E-state index contributed by atoms with van der Waals surface area (Å²) in [6.45, 7) is 2.14. The Morgan fingerprint density at radius 3 is 2.96 bits per heavy atom. The normalized spacial score (nSPS) is 11.1. The van der Waals surface area contributed by atoms with E-state index in [1.807, 2.05) is 36.6 Å². The van der Waals surface area contributed by atoms with Crippen LogP contribution < -0.4 is 10.4 Å². The molecule has 3 aromatic heterocycles. The number of ether oxygens (including phenoxy) is 1. The van der Waals surface area contributed by atoms with Gasteiger partial charge >= 0.3 is 5.63 Å². The predicted octanol–water partition coefficient (Wildman–Crippen LogP) is 4.05. The number of hydrogen-bond donors (Lipinski definition) is 0. The monoisotopic (exact) mass is 354 g/mol. The van der Waals surface area contributed by atoms with Gasteiger partial charge in [0.2, 0.25) is 5.82 Å². The summed E-state index contributed by atoms with van der Waals surface area (Å²) in [5, 5.41) is 6.80. The van der Waals surface area contributed by atoms with E-state index in [4.69, 9.17) is 13.7 Å². The molecule has 0 bridgehead atoms. The maximum absolute atomic E-state index is 11.6. The summed E-state index contributed by atoms with van der Waals surface area (Å²) < 4.78 is 16.2. The second-order valence-electron chi connectivity index (χ2n) is 5.38. The molecular formula is C18H14N2O4S. The topological polar surface area (TPSA) is 78.4 Å². The summed E-state index contributed by atoms with van der Waals surface area (Å²) in [7, 11) is 0. The summed E-state index contributed by atoms with van der Waals surface area (Å²) in [4.78, 5) is 16.9. The number of aromatic nitrogens is 2. The molecule has 4 rings (SSSR count). The molecule has 0 aliphatic rings. The van der Waals surface area contributed by atoms with Crippen LogP contribution in [0.25, 0.3) is 21.7 Å². The Balaban J connectivity index is 1.54. The van der Waals surface area contributed by atoms with Crippen molar-refractivity contribution in [3.63, 3.8) is 0 Å². The largest absolute Gasteiger partial charge is 0.484 e. The summed E-state index contributed by atoms with van der Waals surface area (Å²) in [5.41, 5.74) is 1.10. The van der Waals surface area contributed by atoms with E-state index in [2.05, 4.69) is 10.1 Å². The van der Waals surface area contributed by atoms with Crippen LogP contribution in [-0.4, -0.2) is 10.1 Å². The van der Waals surface area contributed by atoms with E-state index < -0.39 is 0 Å². The highest BCUT2D eigenvalue weighted by molar-refractivity contribution is 7.13. The Labute approximate surface area is 146 Å². The van der Waals surface area contributed by atoms with Crippen LogP contribution in [0, 0.1) is 0 Å². The standard InChI is InChI=1S/C18H14N2O4S/c1-2-11-8-17(21)23-14-9-12(5-6-13(11)14)22-10-16-19-18(20-24-16)15-4-3-7-25-15/h3-9H,2,10H2,1H3. The first kappa shape index (κ1) is 15.6. The van der Waals surface area contributed by atoms with Gasteiger partial charge in [-0.05, 0) is 35.6 Å². The summed E-state index contributed by atoms with van der Waals surface area (Å²) in [5.74, 6) is 1.50. The maximum Gasteiger partial charge on any atom is 0.336 e. The van der Waals surface area contributed by atoms with E-state index in [1.165, 1.54) is 6.07 Å². The maximum atomic E-state index is 11.6. The van der Waals surface area contributed by atoms with Crippen LogP contribution in [0.1, 0.15) is 18.4 Å². The molecule has 0 N–H and O–H groups in total. The summed E-state index contributed by atoms with van der Waals surface area (Å²) >= 11 is 1.54. The number of thiophene rings is 1. The van der Waals surface area contributed by atoms with Gasteiger partial charge in [0.05, 0.1) is 4.88 Å². The minimum atomic E-state index is -0.362. The number of fused-ring (bicyclic) bond motifs is 1. The van der Waals surface area contributed by atoms with Crippen molar-refractivity contribution < 1.29 is 13.7 Å². The Bertz CT molecular complexity index is 1070. The van der Waals surface area contributed by atoms with E-state index in [0.29, 0.717) is 23.0 Å². The SMILES string of the molecule is CCc1cc(=O)oc2cc(OCc3nc(-c4cccs4)no3)ccc12. The minimum Gasteiger partial charge on any atom is -0.484 e. The molecule has 25 heavy (non-hydrogen) atoms. The van der Waals surface area contributed by atoms with E-state index in [1.54, 1.807) is 17.4 Å². The molecule has 0 saturated carbocycles. The average Bonchev–Trinajstić information content (AvgIpc) is 3.30. The van der Waals surface area contributed by atoms with Crippen molar-refractivity contribution in [1.29, 1.82) is 0 Å². The number of rotatable bonds is 5. The second-order valence-corrected chi connectivity index (χ2v) is 6.33. The lowest BCUT2D eigenvalue weighted by Gasteiger charge is -2.06. The van der Waals surface area contributed by atoms with E-state index in [9.17, 15) is 4.79 Å². The van der Waals surface area contributed by atoms with Gasteiger partial charge in [0.1, 0.15) is 11.3 Å². The van der Waals surface area contributed by atoms with Crippen molar-refractivity contribution in [3.05, 3.63) is 63.7 Å². The molecular weight excluding hydrogens is 340 g/mol. The highest BCUT2D eigenvalue weighted by atomic mass is 32.1. The van der Waals surface area contributed by atoms with Crippen LogP contribution >= 0.6 is 11.3 Å². The van der Waals surface area contributed by atoms with Crippen molar-refractivity contribution >= 4 is 22.3 Å². The van der Waals surface area contributed by atoms with E-state index in [-0.39, 0.29) is 12.2 Å². The lowest BCUT2D eigenvalue weighted by Crippen LogP contribution is -2.00. The zero-order valence-electron chi connectivity index (χ0n) is 13.4. The molecule has 126 valence electrons. The molecule has 7 heteroatoms. The number of benzene rings is 1. The fraction of sp³-hybridized carbons (Fsp3) is 0.167. The van der Waals surface area contributed by atoms with Crippen LogP contribution in [-0.2, 0) is 13.0 Å². The first-order valence-corrected chi connectivity index (χ1v) is 8.67. The van der Waals surface area contributed by atoms with Crippen LogP contribution in [0.3, 0.4) is 0 Å². The Morgan fingerprint density at radius 2 is 2.16 bits per heavy atom. The molecule has 0 unspecified atom stereocenters. The molecule has 6 nitrogen and oxygen atoms in total. The van der Waals surface area contributed by atoms with E-state index >= 15 is 0 Å². The van der Waals surface area contributed by atoms with Gasteiger partial charge in [-0.2, -0.15) is 4.98 Å². The van der Waals surface area contributed by atoms with Gasteiger partial charge < -0.3 is 13.7 Å². The van der Waals surface area contributed by atoms with Gasteiger partial charge in [-0.3, -0.25) is 0 Å². The molecule has 3 heterocycles. The number of hydrogen-bond acceptors (Lipinski definition) is 7. The Morgan fingerprint density at radius 1 is 1.24 bits per heavy atom. The smallest absolute Gasteiger partial charge is 0.336 e. The van der Waals surface area contributed by atoms with Crippen LogP contribution in [0.4, 0.5) is 0 Å². The van der Waals surface area contributed by atoms with Crippen LogP contribution in [0.2, 0.25) is 0 Å². The van der Waals surface area contributed by atoms with Gasteiger partial charge in [-0.1, -0.05) is 18.1 Å². The zero-order chi connectivity index (χ0) is 17.2. The molecule has 1 aromatic carbocycles. The summed E-state index contributed by atoms with van der Waals surface area (Å²) in [6, 6.07) is 10.8. The predicted molar refractivity (Wildman–Crippen MR) is 93.8 cm³/mol. The second kappa shape index (κ2) is 6.52.